The molecule has 0 aromatic carbocycles. The van der Waals surface area contributed by atoms with Crippen LogP contribution in [-0.2, 0) is 4.57 Å². The van der Waals surface area contributed by atoms with Crippen molar-refractivity contribution in [2.45, 2.75) is 19.8 Å². The highest BCUT2D eigenvalue weighted by Crippen LogP contribution is 2.26. The lowest BCUT2D eigenvalue weighted by molar-refractivity contribution is 0.381. The van der Waals surface area contributed by atoms with E-state index in [1.165, 1.54) is 19.0 Å². The van der Waals surface area contributed by atoms with Gasteiger partial charge in [0.15, 0.2) is 0 Å². The Morgan fingerprint density at radius 1 is 1.31 bits per heavy atom. The zero-order valence-corrected chi connectivity index (χ0v) is 12.8. The average Bonchev–Trinajstić information content (AvgIpc) is 1.79. The first kappa shape index (κ1) is 19.8. The fourth-order valence-electron chi connectivity index (χ4n) is 0.474. The number of hydrogen-bond acceptors (Lipinski definition) is 1. The Balaban J connectivity index is -0.000000150. The third kappa shape index (κ3) is 60.4. The minimum absolute atomic E-state index is 0. The highest BCUT2D eigenvalue weighted by molar-refractivity contribution is 14.0. The molecule has 0 aromatic rings. The minimum atomic E-state index is -3.64. The summed E-state index contributed by atoms with van der Waals surface area (Å²) in [5.74, 6) is 0. The van der Waals surface area contributed by atoms with Crippen LogP contribution in [0, 0.1) is 0 Å². The molecule has 2 N–H and O–H groups in total. The summed E-state index contributed by atoms with van der Waals surface area (Å²) in [4.78, 5) is 15.3. The third-order valence-corrected chi connectivity index (χ3v) is 2.17. The lowest BCUT2D eigenvalue weighted by Gasteiger charge is -2.00. The summed E-state index contributed by atoms with van der Waals surface area (Å²) in [6.07, 6.45) is 4.26. The molecular weight excluding hydrogens is 321 g/mol. The SMILES string of the molecule is CCCCP(C)C.CP(=O)(O)O.I. The third-order valence-electron chi connectivity index (χ3n) is 0.959. The zero-order chi connectivity index (χ0) is 10.2. The Labute approximate surface area is 99.6 Å². The lowest BCUT2D eigenvalue weighted by atomic mass is 10.4. The van der Waals surface area contributed by atoms with E-state index in [1.54, 1.807) is 0 Å². The van der Waals surface area contributed by atoms with Gasteiger partial charge in [0.2, 0.25) is 0 Å². The van der Waals surface area contributed by atoms with Crippen LogP contribution in [0.5, 0.6) is 0 Å². The van der Waals surface area contributed by atoms with Crippen molar-refractivity contribution in [2.24, 2.45) is 0 Å². The van der Waals surface area contributed by atoms with Gasteiger partial charge < -0.3 is 9.79 Å². The first-order valence-electron chi connectivity index (χ1n) is 3.95. The van der Waals surface area contributed by atoms with Crippen LogP contribution in [0.1, 0.15) is 19.8 Å². The van der Waals surface area contributed by atoms with E-state index < -0.39 is 7.60 Å². The van der Waals surface area contributed by atoms with Crippen LogP contribution in [0.2, 0.25) is 0 Å². The molecule has 0 aromatic heterocycles. The molecule has 0 saturated carbocycles. The average molecular weight is 342 g/mol. The van der Waals surface area contributed by atoms with Gasteiger partial charge >= 0.3 is 7.60 Å². The fraction of sp³-hybridized carbons (Fsp3) is 1.00. The first-order valence-corrected chi connectivity index (χ1v) is 8.43. The van der Waals surface area contributed by atoms with Crippen molar-refractivity contribution in [3.05, 3.63) is 0 Å². The molecule has 6 heteroatoms. The first-order chi connectivity index (χ1) is 5.27. The lowest BCUT2D eigenvalue weighted by Crippen LogP contribution is -1.77. The van der Waals surface area contributed by atoms with Gasteiger partial charge in [0.25, 0.3) is 0 Å². The van der Waals surface area contributed by atoms with Crippen LogP contribution in [-0.4, -0.2) is 35.9 Å². The van der Waals surface area contributed by atoms with Gasteiger partial charge in [-0.3, -0.25) is 4.57 Å². The number of halogens is 1. The van der Waals surface area contributed by atoms with Crippen molar-refractivity contribution in [3.8, 4) is 0 Å². The summed E-state index contributed by atoms with van der Waals surface area (Å²) in [5.41, 5.74) is 0. The highest BCUT2D eigenvalue weighted by atomic mass is 127. The molecule has 0 fully saturated rings. The molecule has 0 aliphatic carbocycles. The Morgan fingerprint density at radius 2 is 1.62 bits per heavy atom. The second-order valence-corrected chi connectivity index (χ2v) is 7.27. The van der Waals surface area contributed by atoms with Gasteiger partial charge in [0, 0.05) is 6.66 Å². The smallest absolute Gasteiger partial charge is 0.322 e. The molecule has 0 amide bonds. The van der Waals surface area contributed by atoms with E-state index in [1.807, 2.05) is 0 Å². The van der Waals surface area contributed by atoms with Crippen LogP contribution in [0.25, 0.3) is 0 Å². The van der Waals surface area contributed by atoms with Crippen LogP contribution >= 0.6 is 39.5 Å². The predicted octanol–water partition coefficient (Wildman–Crippen LogP) is 2.94. The molecule has 3 nitrogen and oxygen atoms in total. The molecule has 0 bridgehead atoms. The van der Waals surface area contributed by atoms with Crippen molar-refractivity contribution in [1.82, 2.24) is 0 Å². The minimum Gasteiger partial charge on any atom is -0.325 e. The zero-order valence-electron chi connectivity index (χ0n) is 8.73. The quantitative estimate of drug-likeness (QED) is 0.613. The van der Waals surface area contributed by atoms with Gasteiger partial charge in [-0.25, -0.2) is 0 Å². The fourth-order valence-corrected chi connectivity index (χ4v) is 1.42. The standard InChI is InChI=1S/C6H15P.CH5O3P.HI/c1-4-5-6-7(2)3;1-5(2,3)4;/h4-6H2,1-3H3;1H3,(H2,2,3,4);1H. The molecule has 0 heterocycles. The molecule has 84 valence electrons. The van der Waals surface area contributed by atoms with Crippen LogP contribution in [0.4, 0.5) is 0 Å². The summed E-state index contributed by atoms with van der Waals surface area (Å²) in [6, 6.07) is 0. The van der Waals surface area contributed by atoms with Crippen LogP contribution in [0.15, 0.2) is 0 Å². The van der Waals surface area contributed by atoms with Crippen LogP contribution in [0.3, 0.4) is 0 Å². The molecule has 0 rings (SSSR count). The topological polar surface area (TPSA) is 57.5 Å². The van der Waals surface area contributed by atoms with Crippen molar-refractivity contribution in [2.75, 3.05) is 26.2 Å². The van der Waals surface area contributed by atoms with E-state index in [4.69, 9.17) is 9.79 Å². The van der Waals surface area contributed by atoms with Crippen molar-refractivity contribution >= 4 is 39.5 Å². The summed E-state index contributed by atoms with van der Waals surface area (Å²) in [6.45, 7) is 7.78. The second kappa shape index (κ2) is 11.4. The molecule has 0 spiro atoms. The van der Waals surface area contributed by atoms with E-state index in [2.05, 4.69) is 20.3 Å². The predicted molar refractivity (Wildman–Crippen MR) is 71.9 cm³/mol. The molecule has 0 saturated heterocycles. The van der Waals surface area contributed by atoms with Gasteiger partial charge in [-0.2, -0.15) is 0 Å². The summed E-state index contributed by atoms with van der Waals surface area (Å²) < 4.78 is 9.33. The van der Waals surface area contributed by atoms with Gasteiger partial charge in [0.1, 0.15) is 0 Å². The van der Waals surface area contributed by atoms with Gasteiger partial charge in [0.05, 0.1) is 0 Å². The molecule has 0 aliphatic rings. The maximum absolute atomic E-state index is 9.33. The van der Waals surface area contributed by atoms with Gasteiger partial charge in [-0.15, -0.1) is 31.9 Å². The monoisotopic (exact) mass is 342 g/mol. The highest BCUT2D eigenvalue weighted by Gasteiger charge is 1.95. The van der Waals surface area contributed by atoms with E-state index in [-0.39, 0.29) is 24.0 Å². The van der Waals surface area contributed by atoms with Crippen molar-refractivity contribution in [1.29, 1.82) is 0 Å². The van der Waals surface area contributed by atoms with Gasteiger partial charge in [-0.05, 0) is 25.9 Å². The number of hydrogen-bond donors (Lipinski definition) is 2. The van der Waals surface area contributed by atoms with E-state index in [9.17, 15) is 4.57 Å². The Hall–Kier alpha value is 1.31. The van der Waals surface area contributed by atoms with Crippen LogP contribution < -0.4 is 0 Å². The molecular formula is C7H21IO3P2. The summed E-state index contributed by atoms with van der Waals surface area (Å²) >= 11 is 0. The number of rotatable bonds is 3. The summed E-state index contributed by atoms with van der Waals surface area (Å²) in [7, 11) is -3.25. The molecule has 0 aliphatic heterocycles. The Kier molecular flexibility index (Phi) is 17.4. The van der Waals surface area contributed by atoms with Gasteiger partial charge in [-0.1, -0.05) is 13.3 Å². The van der Waals surface area contributed by atoms with E-state index in [0.717, 1.165) is 6.66 Å². The van der Waals surface area contributed by atoms with Crippen molar-refractivity contribution in [3.63, 3.8) is 0 Å². The largest absolute Gasteiger partial charge is 0.325 e. The summed E-state index contributed by atoms with van der Waals surface area (Å²) in [5, 5.41) is 0. The van der Waals surface area contributed by atoms with Crippen molar-refractivity contribution < 1.29 is 14.4 Å². The molecule has 13 heavy (non-hydrogen) atoms. The molecule has 0 unspecified atom stereocenters. The number of unbranched alkanes of at least 4 members (excludes halogenated alkanes) is 1. The molecule has 0 atom stereocenters. The molecule has 0 radical (unpaired) electrons. The van der Waals surface area contributed by atoms with E-state index >= 15 is 0 Å². The maximum Gasteiger partial charge on any atom is 0.322 e. The maximum atomic E-state index is 9.33. The second-order valence-electron chi connectivity index (χ2n) is 2.99. The van der Waals surface area contributed by atoms with E-state index in [0.29, 0.717) is 7.92 Å². The Bertz CT molecular complexity index is 127. The normalized spacial score (nSPS) is 10.1. The Morgan fingerprint density at radius 3 is 1.69 bits per heavy atom.